The van der Waals surface area contributed by atoms with Gasteiger partial charge in [-0.2, -0.15) is 0 Å². The molecule has 2 rings (SSSR count). The molecule has 0 amide bonds. The summed E-state index contributed by atoms with van der Waals surface area (Å²) in [7, 11) is 0. The predicted octanol–water partition coefficient (Wildman–Crippen LogP) is 2.77. The van der Waals surface area contributed by atoms with Crippen LogP contribution in [-0.4, -0.2) is 18.4 Å². The van der Waals surface area contributed by atoms with E-state index in [0.717, 1.165) is 25.8 Å². The van der Waals surface area contributed by atoms with E-state index in [9.17, 15) is 9.18 Å². The van der Waals surface area contributed by atoms with Crippen LogP contribution in [-0.2, 0) is 0 Å². The van der Waals surface area contributed by atoms with Gasteiger partial charge < -0.3 is 5.32 Å². The molecular formula is C14H18FNO. The lowest BCUT2D eigenvalue weighted by atomic mass is 9.94. The van der Waals surface area contributed by atoms with E-state index in [1.165, 1.54) is 0 Å². The van der Waals surface area contributed by atoms with Crippen LogP contribution in [0.3, 0.4) is 0 Å². The van der Waals surface area contributed by atoms with Crippen molar-refractivity contribution in [1.82, 2.24) is 5.32 Å². The van der Waals surface area contributed by atoms with Gasteiger partial charge in [-0.1, -0.05) is 6.42 Å². The highest BCUT2D eigenvalue weighted by Crippen LogP contribution is 2.18. The van der Waals surface area contributed by atoms with E-state index >= 15 is 0 Å². The predicted molar refractivity (Wildman–Crippen MR) is 65.8 cm³/mol. The molecule has 1 fully saturated rings. The first-order valence-corrected chi connectivity index (χ1v) is 6.14. The maximum absolute atomic E-state index is 13.5. The Morgan fingerprint density at radius 1 is 1.29 bits per heavy atom. The monoisotopic (exact) mass is 235 g/mol. The van der Waals surface area contributed by atoms with E-state index in [1.807, 2.05) is 0 Å². The lowest BCUT2D eigenvalue weighted by molar-refractivity contribution is 0.0927. The Bertz CT molecular complexity index is 413. The van der Waals surface area contributed by atoms with Crippen molar-refractivity contribution in [3.05, 3.63) is 34.6 Å². The number of carbonyl (C=O) groups is 1. The van der Waals surface area contributed by atoms with Gasteiger partial charge in [0.2, 0.25) is 0 Å². The van der Waals surface area contributed by atoms with E-state index in [4.69, 9.17) is 0 Å². The molecule has 0 saturated carbocycles. The molecule has 92 valence electrons. The zero-order valence-electron chi connectivity index (χ0n) is 10.3. The summed E-state index contributed by atoms with van der Waals surface area (Å²) in [5.74, 6) is -0.117. The summed E-state index contributed by atoms with van der Waals surface area (Å²) in [6.07, 6.45) is 3.10. The number of rotatable bonds is 2. The first-order valence-electron chi connectivity index (χ1n) is 6.14. The highest BCUT2D eigenvalue weighted by Gasteiger charge is 2.22. The molecule has 2 nitrogen and oxygen atoms in total. The molecule has 1 N–H and O–H groups in total. The number of halogens is 1. The maximum Gasteiger partial charge on any atom is 0.179 e. The highest BCUT2D eigenvalue weighted by atomic mass is 19.1. The minimum Gasteiger partial charge on any atom is -0.307 e. The molecule has 1 aliphatic heterocycles. The summed E-state index contributed by atoms with van der Waals surface area (Å²) in [6, 6.07) is 3.22. The van der Waals surface area contributed by atoms with Gasteiger partial charge in [0, 0.05) is 5.56 Å². The third-order valence-corrected chi connectivity index (χ3v) is 3.35. The molecule has 0 aliphatic carbocycles. The molecule has 0 aromatic heterocycles. The zero-order valence-corrected chi connectivity index (χ0v) is 10.3. The number of ketones is 1. The van der Waals surface area contributed by atoms with E-state index in [0.29, 0.717) is 16.7 Å². The van der Waals surface area contributed by atoms with Gasteiger partial charge in [-0.3, -0.25) is 4.79 Å². The Morgan fingerprint density at radius 3 is 2.47 bits per heavy atom. The number of piperidine rings is 1. The van der Waals surface area contributed by atoms with Crippen LogP contribution >= 0.6 is 0 Å². The normalized spacial score (nSPS) is 20.3. The van der Waals surface area contributed by atoms with Crippen LogP contribution in [0.25, 0.3) is 0 Å². The summed E-state index contributed by atoms with van der Waals surface area (Å²) < 4.78 is 13.5. The molecule has 0 radical (unpaired) electrons. The number of hydrogen-bond donors (Lipinski definition) is 1. The quantitative estimate of drug-likeness (QED) is 0.799. The van der Waals surface area contributed by atoms with Crippen molar-refractivity contribution in [2.45, 2.75) is 39.2 Å². The Labute approximate surface area is 101 Å². The Balaban J connectivity index is 2.24. The summed E-state index contributed by atoms with van der Waals surface area (Å²) in [6.45, 7) is 4.30. The number of benzene rings is 1. The van der Waals surface area contributed by atoms with Crippen molar-refractivity contribution >= 4 is 5.78 Å². The second-order valence-electron chi connectivity index (χ2n) is 4.79. The third-order valence-electron chi connectivity index (χ3n) is 3.35. The second-order valence-corrected chi connectivity index (χ2v) is 4.79. The van der Waals surface area contributed by atoms with Crippen molar-refractivity contribution in [3.63, 3.8) is 0 Å². The average Bonchev–Trinajstić information content (AvgIpc) is 2.35. The van der Waals surface area contributed by atoms with E-state index < -0.39 is 0 Å². The summed E-state index contributed by atoms with van der Waals surface area (Å²) in [5.41, 5.74) is 1.72. The van der Waals surface area contributed by atoms with Gasteiger partial charge in [0.15, 0.2) is 5.78 Å². The van der Waals surface area contributed by atoms with E-state index in [1.54, 1.807) is 26.0 Å². The van der Waals surface area contributed by atoms with Crippen LogP contribution < -0.4 is 5.32 Å². The number of hydrogen-bond acceptors (Lipinski definition) is 2. The second kappa shape index (κ2) is 4.96. The smallest absolute Gasteiger partial charge is 0.179 e. The van der Waals surface area contributed by atoms with Crippen molar-refractivity contribution in [2.75, 3.05) is 6.54 Å². The average molecular weight is 235 g/mol. The fourth-order valence-electron chi connectivity index (χ4n) is 2.36. The Hall–Kier alpha value is -1.22. The van der Waals surface area contributed by atoms with Crippen LogP contribution in [0.4, 0.5) is 4.39 Å². The molecule has 17 heavy (non-hydrogen) atoms. The van der Waals surface area contributed by atoms with Gasteiger partial charge in [-0.25, -0.2) is 4.39 Å². The molecule has 1 aromatic carbocycles. The van der Waals surface area contributed by atoms with Crippen LogP contribution in [0.2, 0.25) is 0 Å². The maximum atomic E-state index is 13.5. The van der Waals surface area contributed by atoms with Crippen molar-refractivity contribution in [3.8, 4) is 0 Å². The Kier molecular flexibility index (Phi) is 3.57. The summed E-state index contributed by atoms with van der Waals surface area (Å²) in [5, 5.41) is 3.23. The molecule has 1 saturated heterocycles. The molecule has 1 atom stereocenters. The van der Waals surface area contributed by atoms with E-state index in [-0.39, 0.29) is 17.6 Å². The lowest BCUT2D eigenvalue weighted by Gasteiger charge is -2.22. The van der Waals surface area contributed by atoms with E-state index in [2.05, 4.69) is 5.32 Å². The molecule has 0 bridgehead atoms. The van der Waals surface area contributed by atoms with Crippen LogP contribution in [0.15, 0.2) is 12.1 Å². The van der Waals surface area contributed by atoms with Gasteiger partial charge in [-0.15, -0.1) is 0 Å². The zero-order chi connectivity index (χ0) is 12.4. The number of aryl methyl sites for hydroxylation is 2. The molecule has 1 aromatic rings. The van der Waals surface area contributed by atoms with Crippen LogP contribution in [0.5, 0.6) is 0 Å². The largest absolute Gasteiger partial charge is 0.307 e. The van der Waals surface area contributed by atoms with Crippen molar-refractivity contribution in [2.24, 2.45) is 0 Å². The van der Waals surface area contributed by atoms with Crippen LogP contribution in [0, 0.1) is 19.7 Å². The minimum atomic E-state index is -0.210. The standard InChI is InChI=1S/C14H18FNO/c1-9-7-11(8-10(2)13(9)15)14(17)12-5-3-4-6-16-12/h7-8,12,16H,3-6H2,1-2H3. The minimum absolute atomic E-state index is 0.0898. The van der Waals surface area contributed by atoms with Crippen molar-refractivity contribution in [1.29, 1.82) is 0 Å². The van der Waals surface area contributed by atoms with Gasteiger partial charge >= 0.3 is 0 Å². The van der Waals surface area contributed by atoms with Gasteiger partial charge in [0.1, 0.15) is 5.82 Å². The van der Waals surface area contributed by atoms with Gasteiger partial charge in [0.25, 0.3) is 0 Å². The molecule has 0 spiro atoms. The third kappa shape index (κ3) is 2.55. The summed E-state index contributed by atoms with van der Waals surface area (Å²) >= 11 is 0. The number of nitrogens with one attached hydrogen (secondary N) is 1. The molecular weight excluding hydrogens is 217 g/mol. The summed E-state index contributed by atoms with van der Waals surface area (Å²) in [4.78, 5) is 12.2. The first kappa shape index (κ1) is 12.2. The lowest BCUT2D eigenvalue weighted by Crippen LogP contribution is -2.40. The molecule has 1 heterocycles. The fourth-order valence-corrected chi connectivity index (χ4v) is 2.36. The van der Waals surface area contributed by atoms with Gasteiger partial charge in [-0.05, 0) is 56.5 Å². The fraction of sp³-hybridized carbons (Fsp3) is 0.500. The van der Waals surface area contributed by atoms with Gasteiger partial charge in [0.05, 0.1) is 6.04 Å². The number of Topliss-reactive ketones (excluding diaryl/α,β-unsaturated/α-hetero) is 1. The SMILES string of the molecule is Cc1cc(C(=O)C2CCCCN2)cc(C)c1F. The molecule has 1 unspecified atom stereocenters. The molecule has 3 heteroatoms. The highest BCUT2D eigenvalue weighted by molar-refractivity contribution is 6.00. The number of carbonyl (C=O) groups excluding carboxylic acids is 1. The van der Waals surface area contributed by atoms with Crippen LogP contribution in [0.1, 0.15) is 40.7 Å². The Morgan fingerprint density at radius 2 is 1.94 bits per heavy atom. The topological polar surface area (TPSA) is 29.1 Å². The van der Waals surface area contributed by atoms with Crippen molar-refractivity contribution < 1.29 is 9.18 Å². The first-order chi connectivity index (χ1) is 8.09. The molecule has 1 aliphatic rings.